The fraction of sp³-hybridized carbons (Fsp3) is 0.300. The van der Waals surface area contributed by atoms with Crippen molar-refractivity contribution in [3.05, 3.63) is 58.1 Å². The third-order valence-corrected chi connectivity index (χ3v) is 5.00. The highest BCUT2D eigenvalue weighted by Crippen LogP contribution is 2.32. The summed E-state index contributed by atoms with van der Waals surface area (Å²) in [6.45, 7) is 2.04. The molecule has 0 aliphatic carbocycles. The molecule has 2 aromatic rings. The molecular formula is C20H20BrNO3. The van der Waals surface area contributed by atoms with Crippen LogP contribution in [0.4, 0.5) is 5.69 Å². The number of benzene rings is 2. The van der Waals surface area contributed by atoms with Gasteiger partial charge in [0.15, 0.2) is 5.78 Å². The number of hydrogen-bond donors (Lipinski definition) is 0. The van der Waals surface area contributed by atoms with Crippen LogP contribution in [-0.4, -0.2) is 24.8 Å². The molecule has 25 heavy (non-hydrogen) atoms. The molecule has 0 spiro atoms. The monoisotopic (exact) mass is 401 g/mol. The Balaban J connectivity index is 1.71. The molecule has 0 saturated heterocycles. The lowest BCUT2D eigenvalue weighted by atomic mass is 10.0. The lowest BCUT2D eigenvalue weighted by molar-refractivity contribution is -0.118. The number of carbonyl (C=O) groups is 2. The highest BCUT2D eigenvalue weighted by Gasteiger charge is 2.30. The van der Waals surface area contributed by atoms with Crippen LogP contribution >= 0.6 is 15.9 Å². The summed E-state index contributed by atoms with van der Waals surface area (Å²) < 4.78 is 6.06. The number of rotatable bonds is 5. The van der Waals surface area contributed by atoms with Crippen molar-refractivity contribution < 1.29 is 14.3 Å². The summed E-state index contributed by atoms with van der Waals surface area (Å²) in [6, 6.07) is 13.4. The van der Waals surface area contributed by atoms with Gasteiger partial charge >= 0.3 is 0 Å². The highest BCUT2D eigenvalue weighted by molar-refractivity contribution is 9.10. The minimum absolute atomic E-state index is 0.0141. The molecule has 1 atom stereocenters. The number of methoxy groups -OCH3 is 1. The predicted octanol–water partition coefficient (Wildman–Crippen LogP) is 4.40. The third kappa shape index (κ3) is 3.61. The molecule has 0 bridgehead atoms. The van der Waals surface area contributed by atoms with Crippen LogP contribution in [0.5, 0.6) is 5.75 Å². The third-order valence-electron chi connectivity index (χ3n) is 4.50. The quantitative estimate of drug-likeness (QED) is 0.697. The molecule has 1 unspecified atom stereocenters. The molecule has 5 heteroatoms. The molecule has 1 heterocycles. The van der Waals surface area contributed by atoms with Gasteiger partial charge in [-0.2, -0.15) is 0 Å². The number of ether oxygens (including phenoxy) is 1. The van der Waals surface area contributed by atoms with Crippen molar-refractivity contribution in [3.8, 4) is 5.75 Å². The second-order valence-electron chi connectivity index (χ2n) is 6.21. The first-order chi connectivity index (χ1) is 12.0. The van der Waals surface area contributed by atoms with Gasteiger partial charge < -0.3 is 9.64 Å². The number of fused-ring (bicyclic) bond motifs is 1. The van der Waals surface area contributed by atoms with E-state index in [2.05, 4.69) is 22.0 Å². The van der Waals surface area contributed by atoms with Crippen LogP contribution in [0, 0.1) is 0 Å². The lowest BCUT2D eigenvalue weighted by Gasteiger charge is -2.22. The van der Waals surface area contributed by atoms with E-state index in [1.165, 1.54) is 12.7 Å². The summed E-state index contributed by atoms with van der Waals surface area (Å²) in [5.74, 6) is 0.423. The summed E-state index contributed by atoms with van der Waals surface area (Å²) in [6.07, 6.45) is 1.21. The van der Waals surface area contributed by atoms with Gasteiger partial charge in [0.1, 0.15) is 5.75 Å². The van der Waals surface area contributed by atoms with Gasteiger partial charge in [0.25, 0.3) is 0 Å². The van der Waals surface area contributed by atoms with Crippen LogP contribution in [0.2, 0.25) is 0 Å². The van der Waals surface area contributed by atoms with E-state index in [1.54, 1.807) is 12.1 Å². The smallest absolute Gasteiger partial charge is 0.227 e. The van der Waals surface area contributed by atoms with Gasteiger partial charge in [-0.3, -0.25) is 9.59 Å². The maximum absolute atomic E-state index is 12.7. The van der Waals surface area contributed by atoms with Crippen LogP contribution < -0.4 is 9.64 Å². The lowest BCUT2D eigenvalue weighted by Crippen LogP contribution is -2.35. The van der Waals surface area contributed by atoms with Crippen LogP contribution in [0.3, 0.4) is 0 Å². The second-order valence-corrected chi connectivity index (χ2v) is 7.13. The number of para-hydroxylation sites is 1. The number of anilines is 1. The molecular weight excluding hydrogens is 382 g/mol. The zero-order chi connectivity index (χ0) is 18.0. The van der Waals surface area contributed by atoms with E-state index in [-0.39, 0.29) is 30.6 Å². The molecule has 0 radical (unpaired) electrons. The van der Waals surface area contributed by atoms with Gasteiger partial charge in [-0.25, -0.2) is 0 Å². The van der Waals surface area contributed by atoms with Crippen molar-refractivity contribution in [2.24, 2.45) is 0 Å². The number of halogens is 1. The first-order valence-electron chi connectivity index (χ1n) is 8.28. The molecule has 0 N–H and O–H groups in total. The van der Waals surface area contributed by atoms with Crippen molar-refractivity contribution >= 4 is 33.3 Å². The van der Waals surface area contributed by atoms with E-state index in [0.29, 0.717) is 11.3 Å². The topological polar surface area (TPSA) is 46.6 Å². The number of nitrogens with zero attached hydrogens (tertiary/aromatic N) is 1. The Morgan fingerprint density at radius 3 is 2.72 bits per heavy atom. The second kappa shape index (κ2) is 7.40. The summed E-state index contributed by atoms with van der Waals surface area (Å²) in [5, 5.41) is 0. The minimum atomic E-state index is -0.0911. The zero-order valence-electron chi connectivity index (χ0n) is 14.3. The largest absolute Gasteiger partial charge is 0.496 e. The Hall–Kier alpha value is -2.14. The molecule has 0 aromatic heterocycles. The van der Waals surface area contributed by atoms with E-state index in [1.807, 2.05) is 36.1 Å². The normalized spacial score (nSPS) is 15.8. The first kappa shape index (κ1) is 17.7. The van der Waals surface area contributed by atoms with Crippen molar-refractivity contribution in [2.75, 3.05) is 12.0 Å². The fourth-order valence-corrected chi connectivity index (χ4v) is 3.68. The van der Waals surface area contributed by atoms with Gasteiger partial charge in [-0.1, -0.05) is 34.1 Å². The Kier molecular flexibility index (Phi) is 5.23. The molecule has 0 fully saturated rings. The van der Waals surface area contributed by atoms with Gasteiger partial charge in [0.05, 0.1) is 12.7 Å². The van der Waals surface area contributed by atoms with Crippen LogP contribution in [0.1, 0.15) is 35.7 Å². The number of carbonyl (C=O) groups excluding carboxylic acids is 2. The molecule has 1 aliphatic rings. The van der Waals surface area contributed by atoms with Gasteiger partial charge in [0, 0.05) is 29.0 Å². The molecule has 0 saturated carbocycles. The molecule has 1 amide bonds. The summed E-state index contributed by atoms with van der Waals surface area (Å²) in [7, 11) is 1.54. The van der Waals surface area contributed by atoms with Crippen LogP contribution in [0.15, 0.2) is 46.9 Å². The van der Waals surface area contributed by atoms with Crippen molar-refractivity contribution in [1.29, 1.82) is 0 Å². The average molecular weight is 402 g/mol. The van der Waals surface area contributed by atoms with Gasteiger partial charge in [0.2, 0.25) is 5.91 Å². The average Bonchev–Trinajstić information content (AvgIpc) is 2.95. The minimum Gasteiger partial charge on any atom is -0.496 e. The van der Waals surface area contributed by atoms with Crippen molar-refractivity contribution in [2.45, 2.75) is 32.2 Å². The SMILES string of the molecule is COc1ccc(Br)cc1C(=O)CCC(=O)N1c2ccccc2CC1C. The predicted molar refractivity (Wildman–Crippen MR) is 101 cm³/mol. The van der Waals surface area contributed by atoms with Gasteiger partial charge in [-0.05, 0) is 43.2 Å². The number of hydrogen-bond acceptors (Lipinski definition) is 3. The van der Waals surface area contributed by atoms with E-state index in [4.69, 9.17) is 4.74 Å². The first-order valence-corrected chi connectivity index (χ1v) is 9.07. The summed E-state index contributed by atoms with van der Waals surface area (Å²) in [4.78, 5) is 27.1. The fourth-order valence-electron chi connectivity index (χ4n) is 3.32. The van der Waals surface area contributed by atoms with E-state index < -0.39 is 0 Å². The zero-order valence-corrected chi connectivity index (χ0v) is 15.9. The van der Waals surface area contributed by atoms with Crippen LogP contribution in [-0.2, 0) is 11.2 Å². The summed E-state index contributed by atoms with van der Waals surface area (Å²) >= 11 is 3.37. The molecule has 1 aliphatic heterocycles. The maximum atomic E-state index is 12.7. The Morgan fingerprint density at radius 1 is 1.20 bits per heavy atom. The van der Waals surface area contributed by atoms with E-state index in [0.717, 1.165) is 16.6 Å². The Bertz CT molecular complexity index is 818. The van der Waals surface area contributed by atoms with E-state index in [9.17, 15) is 9.59 Å². The molecule has 4 nitrogen and oxygen atoms in total. The van der Waals surface area contributed by atoms with Crippen LogP contribution in [0.25, 0.3) is 0 Å². The highest BCUT2D eigenvalue weighted by atomic mass is 79.9. The Labute approximate surface area is 155 Å². The number of Topliss-reactive ketones (excluding diaryl/α,β-unsaturated/α-hetero) is 1. The van der Waals surface area contributed by atoms with E-state index >= 15 is 0 Å². The standard InChI is InChI=1S/C20H20BrNO3/c1-13-11-14-5-3-4-6-17(14)22(13)20(24)10-8-18(23)16-12-15(21)7-9-19(16)25-2/h3-7,9,12-13H,8,10-11H2,1-2H3. The number of amides is 1. The molecule has 130 valence electrons. The molecule has 2 aromatic carbocycles. The number of ketones is 1. The molecule has 3 rings (SSSR count). The van der Waals surface area contributed by atoms with Crippen molar-refractivity contribution in [3.63, 3.8) is 0 Å². The van der Waals surface area contributed by atoms with Crippen molar-refractivity contribution in [1.82, 2.24) is 0 Å². The maximum Gasteiger partial charge on any atom is 0.227 e. The summed E-state index contributed by atoms with van der Waals surface area (Å²) in [5.41, 5.74) is 2.65. The van der Waals surface area contributed by atoms with Gasteiger partial charge in [-0.15, -0.1) is 0 Å². The Morgan fingerprint density at radius 2 is 1.96 bits per heavy atom.